The number of carbonyl (C=O) groups is 1. The van der Waals surface area contributed by atoms with Gasteiger partial charge in [-0.25, -0.2) is 0 Å². The van der Waals surface area contributed by atoms with Crippen molar-refractivity contribution in [1.82, 2.24) is 20.1 Å². The van der Waals surface area contributed by atoms with Gasteiger partial charge in [0.1, 0.15) is 5.69 Å². The zero-order valence-corrected chi connectivity index (χ0v) is 17.2. The van der Waals surface area contributed by atoms with Gasteiger partial charge in [-0.1, -0.05) is 29.5 Å². The van der Waals surface area contributed by atoms with Gasteiger partial charge < -0.3 is 10.2 Å². The average Bonchev–Trinajstić information content (AvgIpc) is 3.25. The van der Waals surface area contributed by atoms with Gasteiger partial charge in [0, 0.05) is 32.4 Å². The lowest BCUT2D eigenvalue weighted by Crippen LogP contribution is -2.48. The Morgan fingerprint density at radius 2 is 1.77 bits per heavy atom. The Labute approximate surface area is 180 Å². The molecule has 1 aliphatic heterocycles. The van der Waals surface area contributed by atoms with Gasteiger partial charge in [-0.3, -0.25) is 14.7 Å². The fourth-order valence-electron chi connectivity index (χ4n) is 3.27. The van der Waals surface area contributed by atoms with Crippen LogP contribution in [0.25, 0.3) is 10.7 Å². The van der Waals surface area contributed by atoms with Crippen molar-refractivity contribution in [2.45, 2.75) is 6.18 Å². The number of anilines is 2. The number of hydrogen-bond donors (Lipinski definition) is 1. The van der Waals surface area contributed by atoms with Crippen molar-refractivity contribution in [3.8, 4) is 10.7 Å². The topological polar surface area (TPSA) is 74.2 Å². The lowest BCUT2D eigenvalue weighted by atomic mass is 10.1. The molecule has 31 heavy (non-hydrogen) atoms. The maximum absolute atomic E-state index is 13.1. The van der Waals surface area contributed by atoms with E-state index in [-0.39, 0.29) is 12.2 Å². The predicted molar refractivity (Wildman–Crippen MR) is 112 cm³/mol. The number of nitrogens with zero attached hydrogens (tertiary/aromatic N) is 5. The Kier molecular flexibility index (Phi) is 6.14. The molecule has 0 spiro atoms. The third-order valence-corrected chi connectivity index (χ3v) is 5.82. The van der Waals surface area contributed by atoms with E-state index >= 15 is 0 Å². The lowest BCUT2D eigenvalue weighted by molar-refractivity contribution is -0.137. The number of alkyl halides is 3. The average molecular weight is 448 g/mol. The van der Waals surface area contributed by atoms with Crippen molar-refractivity contribution in [1.29, 1.82) is 0 Å². The molecule has 1 fully saturated rings. The third kappa shape index (κ3) is 5.17. The summed E-state index contributed by atoms with van der Waals surface area (Å²) in [4.78, 5) is 20.6. The van der Waals surface area contributed by atoms with Gasteiger partial charge in [0.05, 0.1) is 17.8 Å². The Morgan fingerprint density at radius 3 is 2.48 bits per heavy atom. The lowest BCUT2D eigenvalue weighted by Gasteiger charge is -2.33. The highest BCUT2D eigenvalue weighted by atomic mass is 32.1. The van der Waals surface area contributed by atoms with E-state index in [0.29, 0.717) is 26.2 Å². The number of carbonyl (C=O) groups excluding carboxylic acids is 1. The van der Waals surface area contributed by atoms with E-state index < -0.39 is 17.6 Å². The van der Waals surface area contributed by atoms with E-state index in [0.717, 1.165) is 21.9 Å². The summed E-state index contributed by atoms with van der Waals surface area (Å²) in [7, 11) is 0. The van der Waals surface area contributed by atoms with Crippen LogP contribution in [0.3, 0.4) is 0 Å². The largest absolute Gasteiger partial charge is 0.418 e. The zero-order valence-electron chi connectivity index (χ0n) is 16.3. The van der Waals surface area contributed by atoms with Gasteiger partial charge in [-0.05, 0) is 24.3 Å². The first-order chi connectivity index (χ1) is 14.9. The quantitative estimate of drug-likeness (QED) is 0.645. The Bertz CT molecular complexity index is 1030. The molecule has 1 amide bonds. The Hall–Kier alpha value is -3.05. The summed E-state index contributed by atoms with van der Waals surface area (Å²) < 4.78 is 39.3. The molecule has 0 unspecified atom stereocenters. The smallest absolute Gasteiger partial charge is 0.344 e. The molecular formula is C20H19F3N6OS. The van der Waals surface area contributed by atoms with Crippen LogP contribution in [0.4, 0.5) is 24.0 Å². The number of pyridine rings is 1. The molecule has 0 atom stereocenters. The minimum atomic E-state index is -4.52. The number of aromatic nitrogens is 3. The highest BCUT2D eigenvalue weighted by Crippen LogP contribution is 2.34. The molecule has 7 nitrogen and oxygen atoms in total. The molecule has 3 aromatic rings. The van der Waals surface area contributed by atoms with E-state index in [1.54, 1.807) is 6.20 Å². The molecular weight excluding hydrogens is 429 g/mol. The van der Waals surface area contributed by atoms with E-state index in [4.69, 9.17) is 0 Å². The predicted octanol–water partition coefficient (Wildman–Crippen LogP) is 3.38. The van der Waals surface area contributed by atoms with Gasteiger partial charge >= 0.3 is 6.18 Å². The van der Waals surface area contributed by atoms with Crippen molar-refractivity contribution in [2.75, 3.05) is 42.9 Å². The molecule has 3 heterocycles. The number of para-hydroxylation sites is 1. The van der Waals surface area contributed by atoms with E-state index in [9.17, 15) is 18.0 Å². The third-order valence-electron chi connectivity index (χ3n) is 4.81. The minimum absolute atomic E-state index is 0.0232. The second kappa shape index (κ2) is 8.98. The van der Waals surface area contributed by atoms with Crippen molar-refractivity contribution in [3.05, 3.63) is 54.2 Å². The Morgan fingerprint density at radius 1 is 1.03 bits per heavy atom. The van der Waals surface area contributed by atoms with Crippen LogP contribution in [0, 0.1) is 0 Å². The fraction of sp³-hybridized carbons (Fsp3) is 0.300. The number of nitrogens with one attached hydrogen (secondary N) is 1. The van der Waals surface area contributed by atoms with Crippen LogP contribution >= 0.6 is 11.3 Å². The summed E-state index contributed by atoms with van der Waals surface area (Å²) in [5.41, 5.74) is -0.316. The maximum Gasteiger partial charge on any atom is 0.418 e. The number of rotatable bonds is 5. The highest BCUT2D eigenvalue weighted by molar-refractivity contribution is 7.18. The summed E-state index contributed by atoms with van der Waals surface area (Å²) in [5.74, 6) is -0.474. The molecule has 11 heteroatoms. The molecule has 0 bridgehead atoms. The number of halogens is 3. The van der Waals surface area contributed by atoms with Gasteiger partial charge in [0.15, 0.2) is 5.01 Å². The normalized spacial score (nSPS) is 15.1. The number of benzene rings is 1. The monoisotopic (exact) mass is 448 g/mol. The van der Waals surface area contributed by atoms with Crippen LogP contribution < -0.4 is 10.2 Å². The Balaban J connectivity index is 1.31. The van der Waals surface area contributed by atoms with Gasteiger partial charge in [-0.15, -0.1) is 10.2 Å². The molecule has 0 aliphatic carbocycles. The van der Waals surface area contributed by atoms with Gasteiger partial charge in [0.2, 0.25) is 11.0 Å². The standard InChI is InChI=1S/C20H19F3N6OS/c21-20(22,23)14-5-1-2-6-15(14)25-17(30)13-28-9-11-29(12-10-28)19-27-26-18(31-19)16-7-3-4-8-24-16/h1-8H,9-13H2,(H,25,30). The van der Waals surface area contributed by atoms with Crippen molar-refractivity contribution in [2.24, 2.45) is 0 Å². The summed E-state index contributed by atoms with van der Waals surface area (Å²) in [6.07, 6.45) is -2.82. The molecule has 2 aromatic heterocycles. The summed E-state index contributed by atoms with van der Waals surface area (Å²) >= 11 is 1.45. The van der Waals surface area contributed by atoms with Crippen LogP contribution in [-0.2, 0) is 11.0 Å². The summed E-state index contributed by atoms with van der Waals surface area (Å²) in [6, 6.07) is 10.6. The first-order valence-corrected chi connectivity index (χ1v) is 10.4. The molecule has 1 aliphatic rings. The molecule has 1 N–H and O–H groups in total. The first-order valence-electron chi connectivity index (χ1n) is 9.58. The molecule has 1 saturated heterocycles. The SMILES string of the molecule is O=C(CN1CCN(c2nnc(-c3ccccn3)s2)CC1)Nc1ccccc1C(F)(F)F. The second-order valence-electron chi connectivity index (χ2n) is 6.96. The van der Waals surface area contributed by atoms with Crippen LogP contribution in [0.1, 0.15) is 5.56 Å². The van der Waals surface area contributed by atoms with Crippen LogP contribution in [0.5, 0.6) is 0 Å². The van der Waals surface area contributed by atoms with Crippen molar-refractivity contribution >= 4 is 28.1 Å². The molecule has 0 saturated carbocycles. The highest BCUT2D eigenvalue weighted by Gasteiger charge is 2.33. The summed E-state index contributed by atoms with van der Waals surface area (Å²) in [6.45, 7) is 2.49. The van der Waals surface area contributed by atoms with Crippen molar-refractivity contribution < 1.29 is 18.0 Å². The van der Waals surface area contributed by atoms with Crippen LogP contribution in [0.15, 0.2) is 48.7 Å². The van der Waals surface area contributed by atoms with Crippen molar-refractivity contribution in [3.63, 3.8) is 0 Å². The molecule has 0 radical (unpaired) electrons. The van der Waals surface area contributed by atoms with Crippen LogP contribution in [-0.4, -0.2) is 58.7 Å². The van der Waals surface area contributed by atoms with E-state index in [1.165, 1.54) is 29.5 Å². The summed E-state index contributed by atoms with van der Waals surface area (Å²) in [5, 5.41) is 12.3. The molecule has 162 valence electrons. The fourth-order valence-corrected chi connectivity index (χ4v) is 4.14. The van der Waals surface area contributed by atoms with E-state index in [2.05, 4.69) is 25.4 Å². The maximum atomic E-state index is 13.1. The molecule has 4 rings (SSSR count). The zero-order chi connectivity index (χ0) is 21.8. The van der Waals surface area contributed by atoms with E-state index in [1.807, 2.05) is 23.1 Å². The molecule has 1 aromatic carbocycles. The minimum Gasteiger partial charge on any atom is -0.344 e. The van der Waals surface area contributed by atoms with Crippen LogP contribution in [0.2, 0.25) is 0 Å². The number of amides is 1. The number of piperazine rings is 1. The first kappa shape index (κ1) is 21.2. The van der Waals surface area contributed by atoms with Gasteiger partial charge in [-0.2, -0.15) is 13.2 Å². The number of hydrogen-bond acceptors (Lipinski definition) is 7. The second-order valence-corrected chi connectivity index (χ2v) is 7.92. The van der Waals surface area contributed by atoms with Gasteiger partial charge in [0.25, 0.3) is 0 Å².